The normalized spacial score (nSPS) is 17.9. The number of pyridine rings is 2. The monoisotopic (exact) mass is 1190 g/mol. The number of halogens is 1. The number of aliphatic hydroxyl groups is 1. The first-order valence-corrected chi connectivity index (χ1v) is 31.5. The van der Waals surface area contributed by atoms with E-state index in [0.29, 0.717) is 133 Å². The lowest BCUT2D eigenvalue weighted by Crippen LogP contribution is -2.57. The highest BCUT2D eigenvalue weighted by Gasteiger charge is 2.42. The molecule has 4 aliphatic rings. The van der Waals surface area contributed by atoms with Crippen LogP contribution in [0.2, 0.25) is 0 Å². The molecule has 0 spiro atoms. The van der Waals surface area contributed by atoms with Crippen molar-refractivity contribution < 1.29 is 33.5 Å². The fraction of sp³-hybridized carbons (Fsp3) is 0.508. The first kappa shape index (κ1) is 61.7. The van der Waals surface area contributed by atoms with Gasteiger partial charge in [0.2, 0.25) is 23.6 Å². The molecule has 0 aliphatic carbocycles. The molecule has 4 aliphatic heterocycles. The molecule has 3 saturated heterocycles. The number of rotatable bonds is 22. The van der Waals surface area contributed by atoms with Gasteiger partial charge in [0.15, 0.2) is 0 Å². The number of piperazine rings is 1. The van der Waals surface area contributed by atoms with Crippen LogP contribution in [0.25, 0.3) is 27.3 Å². The van der Waals surface area contributed by atoms with Crippen molar-refractivity contribution in [1.82, 2.24) is 54.9 Å². The third-order valence-electron chi connectivity index (χ3n) is 17.5. The highest BCUT2D eigenvalue weighted by atomic mass is 32.1. The molecule has 458 valence electrons. The molecule has 5 N–H and O–H groups in total. The number of carbonyl (C=O) groups excluding carboxylic acids is 5. The standard InChI is InChI=1S/C65H84FN13O6S/c1-42(44-17-19-45(20-18-44)59-43(2)69-41-86-59)70-61(82)52-14-13-28-79(52)63(84)60(64(3,4)5)73-56(80)15-11-9-8-10-12-16-57(81)77-34-32-75(33-35-77)40-65(85)26-30-76(31-27-65)51-23-24-54(72-50(51)39-74(6)7)71-49-22-21-47(48-37-68-62(83)58(48)49)53-38-67-55-36-46(66)25-29-78(53)55/h17-25,29,36,38,41-42,52,60,85H,8-16,26-28,30-35,37,39-40H2,1-7H3,(H,68,83)(H,70,82)(H,71,72)(H,73,80). The number of aryl methyl sites for hydroxylation is 1. The molecule has 10 rings (SSSR count). The summed E-state index contributed by atoms with van der Waals surface area (Å²) in [5.41, 5.74) is 9.44. The number of nitrogens with zero attached hydrogens (tertiary/aromatic N) is 9. The Bertz CT molecular complexity index is 3420. The van der Waals surface area contributed by atoms with Gasteiger partial charge in [-0.1, -0.05) is 70.4 Å². The van der Waals surface area contributed by atoms with E-state index in [2.05, 4.69) is 52.0 Å². The number of hydrogen-bond donors (Lipinski definition) is 5. The number of aromatic nitrogens is 4. The summed E-state index contributed by atoms with van der Waals surface area (Å²) in [6, 6.07) is 17.1. The fourth-order valence-corrected chi connectivity index (χ4v) is 13.5. The number of hydrogen-bond acceptors (Lipinski definition) is 14. The van der Waals surface area contributed by atoms with Gasteiger partial charge in [0.25, 0.3) is 5.91 Å². The lowest BCUT2D eigenvalue weighted by molar-refractivity contribution is -0.144. The van der Waals surface area contributed by atoms with Crippen molar-refractivity contribution in [3.63, 3.8) is 0 Å². The number of amides is 5. The Morgan fingerprint density at radius 1 is 0.895 bits per heavy atom. The van der Waals surface area contributed by atoms with E-state index in [1.54, 1.807) is 28.6 Å². The number of benzene rings is 2. The number of imidazole rings is 1. The second-order valence-electron chi connectivity index (χ2n) is 25.3. The summed E-state index contributed by atoms with van der Waals surface area (Å²) >= 11 is 1.60. The molecule has 3 atom stereocenters. The maximum atomic E-state index is 14.2. The van der Waals surface area contributed by atoms with Crippen molar-refractivity contribution in [2.75, 3.05) is 76.7 Å². The van der Waals surface area contributed by atoms with E-state index in [-0.39, 0.29) is 41.4 Å². The molecule has 86 heavy (non-hydrogen) atoms. The van der Waals surface area contributed by atoms with Crippen molar-refractivity contribution in [3.8, 4) is 21.7 Å². The zero-order valence-corrected chi connectivity index (χ0v) is 51.7. The average molecular weight is 1190 g/mol. The second-order valence-corrected chi connectivity index (χ2v) is 26.1. The van der Waals surface area contributed by atoms with Gasteiger partial charge < -0.3 is 46.0 Å². The van der Waals surface area contributed by atoms with E-state index >= 15 is 0 Å². The van der Waals surface area contributed by atoms with Crippen LogP contribution in [0.5, 0.6) is 0 Å². The molecule has 2 aromatic carbocycles. The van der Waals surface area contributed by atoms with Crippen LogP contribution in [0.1, 0.15) is 137 Å². The molecule has 6 aromatic rings. The van der Waals surface area contributed by atoms with Gasteiger partial charge >= 0.3 is 0 Å². The number of fused-ring (bicyclic) bond motifs is 2. The van der Waals surface area contributed by atoms with Crippen LogP contribution >= 0.6 is 11.3 Å². The molecular weight excluding hydrogens is 1110 g/mol. The summed E-state index contributed by atoms with van der Waals surface area (Å²) in [5.74, 6) is -0.381. The third-order valence-corrected chi connectivity index (χ3v) is 18.5. The minimum Gasteiger partial charge on any atom is -0.388 e. The SMILES string of the molecule is Cc1ncsc1-c1ccc(C(C)NC(=O)C2CCCN2C(=O)C(NC(=O)CCCCCCCC(=O)N2CCN(CC3(O)CCN(c4ccc(Nc5ccc(-c6cnc7cc(F)ccn67)c6c5C(=O)NC6)nc4CN(C)C)CC3)CC2)C(C)(C)C)cc1. The predicted octanol–water partition coefficient (Wildman–Crippen LogP) is 8.62. The largest absolute Gasteiger partial charge is 0.388 e. The maximum Gasteiger partial charge on any atom is 0.254 e. The van der Waals surface area contributed by atoms with Gasteiger partial charge in [-0.05, 0) is 113 Å². The number of unbranched alkanes of at least 4 members (excludes halogenated alkanes) is 4. The van der Waals surface area contributed by atoms with Crippen molar-refractivity contribution >= 4 is 63.7 Å². The molecular formula is C65H84FN13O6S. The first-order chi connectivity index (χ1) is 41.2. The van der Waals surface area contributed by atoms with Gasteiger partial charge in [-0.2, -0.15) is 0 Å². The van der Waals surface area contributed by atoms with Crippen LogP contribution in [0.15, 0.2) is 78.6 Å². The first-order valence-electron chi connectivity index (χ1n) is 30.6. The second kappa shape index (κ2) is 26.7. The Morgan fingerprint density at radius 2 is 1.63 bits per heavy atom. The van der Waals surface area contributed by atoms with Gasteiger partial charge in [-0.25, -0.2) is 19.3 Å². The van der Waals surface area contributed by atoms with E-state index in [4.69, 9.17) is 4.98 Å². The number of β-amino-alcohol motifs (C(OH)–C–C–N with tert-alkyl or cyclic N) is 1. The topological polar surface area (TPSA) is 213 Å². The number of anilines is 3. The number of likely N-dealkylation sites (tertiary alicyclic amines) is 1. The van der Waals surface area contributed by atoms with Crippen molar-refractivity contribution in [2.24, 2.45) is 5.41 Å². The van der Waals surface area contributed by atoms with Crippen molar-refractivity contribution in [2.45, 2.75) is 142 Å². The molecule has 4 aromatic heterocycles. The van der Waals surface area contributed by atoms with E-state index in [1.807, 2.05) is 106 Å². The number of thiazole rings is 1. The van der Waals surface area contributed by atoms with Crippen molar-refractivity contribution in [1.29, 1.82) is 0 Å². The number of nitrogens with one attached hydrogen (secondary N) is 4. The lowest BCUT2D eigenvalue weighted by Gasteiger charge is -2.44. The Labute approximate surface area is 508 Å². The summed E-state index contributed by atoms with van der Waals surface area (Å²) in [6.45, 7) is 15.7. The van der Waals surface area contributed by atoms with Crippen LogP contribution < -0.4 is 26.2 Å². The van der Waals surface area contributed by atoms with Gasteiger partial charge in [0.05, 0.1) is 62.2 Å². The van der Waals surface area contributed by atoms with E-state index in [1.165, 1.54) is 12.1 Å². The lowest BCUT2D eigenvalue weighted by atomic mass is 9.85. The predicted molar refractivity (Wildman–Crippen MR) is 333 cm³/mol. The van der Waals surface area contributed by atoms with Crippen LogP contribution in [0, 0.1) is 18.2 Å². The van der Waals surface area contributed by atoms with Crippen LogP contribution in [0.4, 0.5) is 21.6 Å². The highest BCUT2D eigenvalue weighted by Crippen LogP contribution is 2.38. The molecule has 8 heterocycles. The Hall–Kier alpha value is -7.33. The zero-order chi connectivity index (χ0) is 60.9. The molecule has 0 bridgehead atoms. The number of piperidine rings is 1. The molecule has 0 radical (unpaired) electrons. The summed E-state index contributed by atoms with van der Waals surface area (Å²) in [5, 5.41) is 24.5. The van der Waals surface area contributed by atoms with E-state index < -0.39 is 23.1 Å². The summed E-state index contributed by atoms with van der Waals surface area (Å²) in [7, 11) is 4.01. The smallest absolute Gasteiger partial charge is 0.254 e. The average Bonchev–Trinajstić information content (AvgIpc) is 1.77. The Morgan fingerprint density at radius 3 is 2.34 bits per heavy atom. The van der Waals surface area contributed by atoms with Crippen molar-refractivity contribution in [3.05, 3.63) is 112 Å². The van der Waals surface area contributed by atoms with Gasteiger partial charge in [-0.3, -0.25) is 33.3 Å². The summed E-state index contributed by atoms with van der Waals surface area (Å²) < 4.78 is 15.8. The third kappa shape index (κ3) is 14.4. The minimum absolute atomic E-state index is 0.156. The van der Waals surface area contributed by atoms with Gasteiger partial charge in [0.1, 0.15) is 29.4 Å². The molecule has 5 amide bonds. The van der Waals surface area contributed by atoms with E-state index in [9.17, 15) is 33.5 Å². The highest BCUT2D eigenvalue weighted by molar-refractivity contribution is 7.13. The zero-order valence-electron chi connectivity index (χ0n) is 50.9. The number of carbonyl (C=O) groups is 5. The Balaban J connectivity index is 0.623. The maximum absolute atomic E-state index is 14.2. The van der Waals surface area contributed by atoms with Gasteiger partial charge in [-0.15, -0.1) is 11.3 Å². The molecule has 21 heteroatoms. The van der Waals surface area contributed by atoms with Crippen LogP contribution in [-0.2, 0) is 32.3 Å². The minimum atomic E-state index is -0.855. The summed E-state index contributed by atoms with van der Waals surface area (Å²) in [4.78, 5) is 93.1. The van der Waals surface area contributed by atoms with Crippen LogP contribution in [0.3, 0.4) is 0 Å². The molecule has 0 saturated carbocycles. The fourth-order valence-electron chi connectivity index (χ4n) is 12.6. The molecule has 3 fully saturated rings. The van der Waals surface area contributed by atoms with Crippen LogP contribution in [-0.4, -0.2) is 158 Å². The quantitative estimate of drug-likeness (QED) is 0.0404. The van der Waals surface area contributed by atoms with Gasteiger partial charge in [0, 0.05) is 96.1 Å². The Kier molecular flexibility index (Phi) is 19.2. The molecule has 19 nitrogen and oxygen atoms in total. The summed E-state index contributed by atoms with van der Waals surface area (Å²) in [6.07, 6.45) is 10.7. The molecule has 3 unspecified atom stereocenters. The van der Waals surface area contributed by atoms with E-state index in [0.717, 1.165) is 75.6 Å².